The fourth-order valence-electron chi connectivity index (χ4n) is 3.69. The molecule has 0 aromatic heterocycles. The van der Waals surface area contributed by atoms with Gasteiger partial charge < -0.3 is 10.1 Å². The molecule has 2 unspecified atom stereocenters. The van der Waals surface area contributed by atoms with Crippen molar-refractivity contribution >= 4 is 0 Å². The number of nitrogens with zero attached hydrogens (tertiary/aromatic N) is 1. The molecule has 2 atom stereocenters. The second kappa shape index (κ2) is 8.35. The zero-order valence-electron chi connectivity index (χ0n) is 13.7. The third kappa shape index (κ3) is 5.01. The van der Waals surface area contributed by atoms with Crippen LogP contribution >= 0.6 is 0 Å². The molecule has 2 heterocycles. The van der Waals surface area contributed by atoms with Gasteiger partial charge in [0.25, 0.3) is 0 Å². The Hall–Kier alpha value is -0.120. The predicted octanol–water partition coefficient (Wildman–Crippen LogP) is 3.04. The first-order valence-corrected chi connectivity index (χ1v) is 8.76. The Morgan fingerprint density at radius 1 is 1.10 bits per heavy atom. The Kier molecular flexibility index (Phi) is 6.79. The van der Waals surface area contributed by atoms with Crippen LogP contribution in [0.5, 0.6) is 0 Å². The van der Waals surface area contributed by atoms with Gasteiger partial charge in [-0.15, -0.1) is 0 Å². The van der Waals surface area contributed by atoms with Gasteiger partial charge >= 0.3 is 0 Å². The number of hydrogen-bond acceptors (Lipinski definition) is 3. The number of piperidine rings is 1. The topological polar surface area (TPSA) is 24.5 Å². The number of nitrogens with one attached hydrogen (secondary N) is 1. The highest BCUT2D eigenvalue weighted by molar-refractivity contribution is 4.95. The van der Waals surface area contributed by atoms with E-state index in [1.54, 1.807) is 0 Å². The summed E-state index contributed by atoms with van der Waals surface area (Å²) in [6.45, 7) is 11.0. The molecule has 2 rings (SSSR count). The molecule has 0 aromatic carbocycles. The first-order chi connectivity index (χ1) is 9.69. The highest BCUT2D eigenvalue weighted by atomic mass is 16.5. The zero-order chi connectivity index (χ0) is 14.4. The van der Waals surface area contributed by atoms with Gasteiger partial charge in [0.2, 0.25) is 0 Å². The van der Waals surface area contributed by atoms with E-state index in [0.29, 0.717) is 0 Å². The van der Waals surface area contributed by atoms with E-state index in [2.05, 4.69) is 31.0 Å². The van der Waals surface area contributed by atoms with E-state index in [1.807, 2.05) is 0 Å². The summed E-state index contributed by atoms with van der Waals surface area (Å²) in [5.41, 5.74) is 0. The number of fused-ring (bicyclic) bond motifs is 2. The molecule has 0 spiro atoms. The van der Waals surface area contributed by atoms with Gasteiger partial charge in [-0.05, 0) is 51.0 Å². The molecule has 118 valence electrons. The van der Waals surface area contributed by atoms with Crippen molar-refractivity contribution in [3.8, 4) is 0 Å². The summed E-state index contributed by atoms with van der Waals surface area (Å²) < 4.78 is 5.82. The molecule has 2 bridgehead atoms. The molecular formula is C17H34N2O. The summed E-state index contributed by atoms with van der Waals surface area (Å²) in [5.74, 6) is 0.752. The lowest BCUT2D eigenvalue weighted by atomic mass is 9.98. The van der Waals surface area contributed by atoms with Crippen LogP contribution in [0, 0.1) is 5.92 Å². The molecule has 20 heavy (non-hydrogen) atoms. The van der Waals surface area contributed by atoms with Crippen molar-refractivity contribution < 1.29 is 4.74 Å². The van der Waals surface area contributed by atoms with Gasteiger partial charge in [0.05, 0.1) is 6.61 Å². The summed E-state index contributed by atoms with van der Waals surface area (Å²) in [6, 6.07) is 2.38. The molecule has 3 heteroatoms. The number of ether oxygens (including phenoxy) is 1. The maximum atomic E-state index is 5.82. The van der Waals surface area contributed by atoms with Crippen LogP contribution in [0.4, 0.5) is 0 Å². The maximum Gasteiger partial charge on any atom is 0.0593 e. The fourth-order valence-corrected chi connectivity index (χ4v) is 3.69. The van der Waals surface area contributed by atoms with Crippen LogP contribution in [-0.2, 0) is 4.74 Å². The lowest BCUT2D eigenvalue weighted by Crippen LogP contribution is -2.49. The van der Waals surface area contributed by atoms with Crippen LogP contribution in [0.1, 0.15) is 59.3 Å². The van der Waals surface area contributed by atoms with Crippen molar-refractivity contribution in [2.24, 2.45) is 5.92 Å². The van der Waals surface area contributed by atoms with Crippen LogP contribution in [0.3, 0.4) is 0 Å². The molecule has 3 nitrogen and oxygen atoms in total. The molecule has 2 aliphatic heterocycles. The maximum absolute atomic E-state index is 5.82. The Morgan fingerprint density at radius 2 is 1.80 bits per heavy atom. The predicted molar refractivity (Wildman–Crippen MR) is 85.1 cm³/mol. The Balaban J connectivity index is 1.69. The smallest absolute Gasteiger partial charge is 0.0593 e. The van der Waals surface area contributed by atoms with Crippen LogP contribution in [0.15, 0.2) is 0 Å². The molecule has 0 radical (unpaired) electrons. The van der Waals surface area contributed by atoms with Gasteiger partial charge in [-0.1, -0.05) is 20.8 Å². The van der Waals surface area contributed by atoms with E-state index in [9.17, 15) is 0 Å². The monoisotopic (exact) mass is 282 g/mol. The molecule has 2 fully saturated rings. The minimum Gasteiger partial charge on any atom is -0.380 e. The molecule has 2 saturated heterocycles. The highest BCUT2D eigenvalue weighted by Crippen LogP contribution is 2.29. The minimum atomic E-state index is 0.752. The third-order valence-corrected chi connectivity index (χ3v) is 4.84. The van der Waals surface area contributed by atoms with Crippen molar-refractivity contribution in [1.82, 2.24) is 10.2 Å². The molecule has 2 aliphatic rings. The van der Waals surface area contributed by atoms with Crippen molar-refractivity contribution in [1.29, 1.82) is 0 Å². The SMILES string of the molecule is CCCN(CCOCCC(C)C)C1CC2CCC(C1)N2. The molecule has 1 N–H and O–H groups in total. The summed E-state index contributed by atoms with van der Waals surface area (Å²) in [7, 11) is 0. The van der Waals surface area contributed by atoms with Gasteiger partial charge in [0.1, 0.15) is 0 Å². The normalized spacial score (nSPS) is 29.6. The highest BCUT2D eigenvalue weighted by Gasteiger charge is 2.35. The van der Waals surface area contributed by atoms with Crippen molar-refractivity contribution in [2.75, 3.05) is 26.3 Å². The van der Waals surface area contributed by atoms with E-state index in [4.69, 9.17) is 4.74 Å². The van der Waals surface area contributed by atoms with Gasteiger partial charge in [-0.2, -0.15) is 0 Å². The van der Waals surface area contributed by atoms with Crippen LogP contribution < -0.4 is 5.32 Å². The largest absolute Gasteiger partial charge is 0.380 e. The minimum absolute atomic E-state index is 0.752. The lowest BCUT2D eigenvalue weighted by molar-refractivity contribution is 0.0675. The zero-order valence-corrected chi connectivity index (χ0v) is 13.7. The van der Waals surface area contributed by atoms with E-state index in [-0.39, 0.29) is 0 Å². The van der Waals surface area contributed by atoms with Gasteiger partial charge in [0.15, 0.2) is 0 Å². The van der Waals surface area contributed by atoms with Crippen LogP contribution in [-0.4, -0.2) is 49.3 Å². The first kappa shape index (κ1) is 16.3. The van der Waals surface area contributed by atoms with Crippen molar-refractivity contribution in [3.63, 3.8) is 0 Å². The summed E-state index contributed by atoms with van der Waals surface area (Å²) >= 11 is 0. The molecule has 0 aromatic rings. The lowest BCUT2D eigenvalue weighted by Gasteiger charge is -2.37. The Labute approximate surface area is 125 Å². The van der Waals surface area contributed by atoms with Crippen molar-refractivity contribution in [3.05, 3.63) is 0 Å². The van der Waals surface area contributed by atoms with E-state index in [1.165, 1.54) is 45.1 Å². The first-order valence-electron chi connectivity index (χ1n) is 8.76. The van der Waals surface area contributed by atoms with Gasteiger partial charge in [0, 0.05) is 31.3 Å². The second-order valence-corrected chi connectivity index (χ2v) is 7.09. The Bertz CT molecular complexity index is 258. The van der Waals surface area contributed by atoms with E-state index < -0.39 is 0 Å². The second-order valence-electron chi connectivity index (χ2n) is 7.09. The summed E-state index contributed by atoms with van der Waals surface area (Å²) in [6.07, 6.45) is 7.93. The molecule has 0 aliphatic carbocycles. The van der Waals surface area contributed by atoms with Crippen LogP contribution in [0.25, 0.3) is 0 Å². The van der Waals surface area contributed by atoms with Gasteiger partial charge in [-0.3, -0.25) is 4.90 Å². The average Bonchev–Trinajstić information content (AvgIpc) is 2.75. The standard InChI is InChI=1S/C17H34N2O/c1-4-8-19(9-11-20-10-7-14(2)3)17-12-15-5-6-16(13-17)18-15/h14-18H,4-13H2,1-3H3. The average molecular weight is 282 g/mol. The summed E-state index contributed by atoms with van der Waals surface area (Å²) in [5, 5.41) is 3.75. The van der Waals surface area contributed by atoms with Gasteiger partial charge in [-0.25, -0.2) is 0 Å². The van der Waals surface area contributed by atoms with E-state index >= 15 is 0 Å². The quantitative estimate of drug-likeness (QED) is 0.658. The molecular weight excluding hydrogens is 248 g/mol. The number of rotatable bonds is 9. The third-order valence-electron chi connectivity index (χ3n) is 4.84. The fraction of sp³-hybridized carbons (Fsp3) is 1.00. The Morgan fingerprint density at radius 3 is 2.40 bits per heavy atom. The summed E-state index contributed by atoms with van der Waals surface area (Å²) in [4.78, 5) is 2.70. The molecule has 0 saturated carbocycles. The number of hydrogen-bond donors (Lipinski definition) is 1. The molecule has 0 amide bonds. The van der Waals surface area contributed by atoms with Crippen molar-refractivity contribution in [2.45, 2.75) is 77.4 Å². The van der Waals surface area contributed by atoms with E-state index in [0.717, 1.165) is 43.8 Å². The van der Waals surface area contributed by atoms with Crippen LogP contribution in [0.2, 0.25) is 0 Å².